The molecule has 0 saturated carbocycles. The number of carbonyl (C=O) groups is 4. The highest BCUT2D eigenvalue weighted by molar-refractivity contribution is 6.21. The molecule has 5 unspecified atom stereocenters. The number of unbranched alkanes of at least 4 members (excludes halogenated alkanes) is 20. The molecule has 538 valence electrons. The van der Waals surface area contributed by atoms with Gasteiger partial charge < -0.3 is 18.9 Å². The Morgan fingerprint density at radius 2 is 0.500 bits per heavy atom. The lowest BCUT2D eigenvalue weighted by Gasteiger charge is -2.62. The highest BCUT2D eigenvalue weighted by Gasteiger charge is 2.73. The molecule has 5 atom stereocenters. The minimum absolute atomic E-state index is 0.102. The van der Waals surface area contributed by atoms with Gasteiger partial charge in [-0.3, -0.25) is 38.8 Å². The second kappa shape index (κ2) is 33.1. The molecule has 12 heteroatoms. The van der Waals surface area contributed by atoms with Crippen LogP contribution in [0.3, 0.4) is 0 Å². The van der Waals surface area contributed by atoms with Gasteiger partial charge in [-0.05, 0) is 141 Å². The molecule has 0 aromatic rings. The van der Waals surface area contributed by atoms with E-state index in [0.717, 1.165) is 71.1 Å². The number of hydrogen-bond acceptors (Lipinski definition) is 12. The SMILES string of the molecule is CCCCCCCCN1CCC(C)(OC(=O)C(CC)C(C(=O)OC2(C)CCN(CCCCCCCC)C(C)(C)C2(C)C)(C(=O)OC2(C)CCN(CCCCCCCC)C(C)(C)C2(C)C)C(=O)OC2(C)CCN(CCCCCCCC)C(C)(C)C2(C)C)C(C)(C)C1(C)C. The zero-order valence-corrected chi connectivity index (χ0v) is 65.3. The van der Waals surface area contributed by atoms with Gasteiger partial charge in [-0.2, -0.15) is 0 Å². The average Bonchev–Trinajstić information content (AvgIpc) is 0.736. The van der Waals surface area contributed by atoms with E-state index in [0.29, 0.717) is 51.9 Å². The van der Waals surface area contributed by atoms with E-state index < -0.39 is 101 Å². The minimum atomic E-state index is -2.95. The summed E-state index contributed by atoms with van der Waals surface area (Å²) in [7, 11) is 0. The van der Waals surface area contributed by atoms with E-state index >= 15 is 19.2 Å². The van der Waals surface area contributed by atoms with E-state index in [1.54, 1.807) is 6.92 Å². The maximum absolute atomic E-state index is 17.2. The molecule has 4 aliphatic rings. The van der Waals surface area contributed by atoms with Crippen molar-refractivity contribution >= 4 is 23.9 Å². The number of nitrogens with zero attached hydrogens (tertiary/aromatic N) is 4. The first-order chi connectivity index (χ1) is 42.6. The van der Waals surface area contributed by atoms with Crippen LogP contribution in [0.5, 0.6) is 0 Å². The lowest BCUT2D eigenvalue weighted by Crippen LogP contribution is -2.72. The fraction of sp³-hybridized carbons (Fsp3) is 0.950. The number of piperidine rings is 4. The van der Waals surface area contributed by atoms with Crippen LogP contribution in [0.2, 0.25) is 0 Å². The first-order valence-corrected chi connectivity index (χ1v) is 38.6. The van der Waals surface area contributed by atoms with Crippen LogP contribution in [0.25, 0.3) is 0 Å². The van der Waals surface area contributed by atoms with Crippen LogP contribution >= 0.6 is 0 Å². The zero-order chi connectivity index (χ0) is 69.7. The summed E-state index contributed by atoms with van der Waals surface area (Å²) in [5.41, 5.74) is -12.4. The van der Waals surface area contributed by atoms with E-state index in [-0.39, 0.29) is 6.42 Å². The molecule has 0 N–H and O–H groups in total. The molecule has 0 aromatic heterocycles. The third kappa shape index (κ3) is 16.5. The third-order valence-electron chi connectivity index (χ3n) is 28.6. The molecule has 4 heterocycles. The van der Waals surface area contributed by atoms with Crippen LogP contribution in [0.15, 0.2) is 0 Å². The number of likely N-dealkylation sites (tertiary alicyclic amines) is 4. The lowest BCUT2D eigenvalue weighted by atomic mass is 9.58. The van der Waals surface area contributed by atoms with Gasteiger partial charge in [0.15, 0.2) is 0 Å². The molecule has 4 saturated heterocycles. The predicted octanol–water partition coefficient (Wildman–Crippen LogP) is 19.7. The van der Waals surface area contributed by atoms with E-state index in [4.69, 9.17) is 18.9 Å². The molecule has 4 aliphatic heterocycles. The molecule has 12 nitrogen and oxygen atoms in total. The van der Waals surface area contributed by atoms with Crippen molar-refractivity contribution in [1.29, 1.82) is 0 Å². The summed E-state index contributed by atoms with van der Waals surface area (Å²) in [5, 5.41) is 0. The van der Waals surface area contributed by atoms with Crippen molar-refractivity contribution in [2.45, 2.75) is 404 Å². The normalized spacial score (nSPS) is 28.6. The van der Waals surface area contributed by atoms with E-state index in [2.05, 4.69) is 158 Å². The fourth-order valence-corrected chi connectivity index (χ4v) is 17.0. The Morgan fingerprint density at radius 3 is 0.707 bits per heavy atom. The largest absolute Gasteiger partial charge is 0.458 e. The number of carbonyl (C=O) groups excluding carboxylic acids is 4. The van der Waals surface area contributed by atoms with Crippen molar-refractivity contribution in [2.75, 3.05) is 52.4 Å². The summed E-state index contributed by atoms with van der Waals surface area (Å²) >= 11 is 0. The summed E-state index contributed by atoms with van der Waals surface area (Å²) in [6, 6.07) is 0. The highest BCUT2D eigenvalue weighted by atomic mass is 16.6. The van der Waals surface area contributed by atoms with E-state index in [1.165, 1.54) is 109 Å². The monoisotopic (exact) mass is 1300 g/mol. The average molecular weight is 1300 g/mol. The lowest BCUT2D eigenvalue weighted by molar-refractivity contribution is -0.247. The van der Waals surface area contributed by atoms with Gasteiger partial charge in [0.1, 0.15) is 22.4 Å². The van der Waals surface area contributed by atoms with E-state index in [1.807, 2.05) is 27.7 Å². The van der Waals surface area contributed by atoms with Crippen molar-refractivity contribution in [3.8, 4) is 0 Å². The standard InChI is InChI=1S/C80H150N4O8/c1-26-31-35-39-43-47-55-81-59-51-76(22,68(6,7)72(81,14)15)89-64(85)63(30-5)80(65(86)90-77(23)52-60-82(73(16,17)69(77,8)9)56-48-44-40-36-32-27-2,66(87)91-78(24)53-61-83(74(18,19)70(78,10)11)57-49-45-41-37-33-28-3)67(88)92-79(25)54-62-84(75(20,21)71(79,12)13)58-50-46-42-38-34-29-4/h63H,26-62H2,1-25H3. The number of ether oxygens (including phenoxy) is 4. The topological polar surface area (TPSA) is 118 Å². The van der Waals surface area contributed by atoms with Crippen molar-refractivity contribution in [1.82, 2.24) is 19.6 Å². The number of esters is 4. The maximum atomic E-state index is 17.2. The molecule has 0 aromatic carbocycles. The Labute approximate surface area is 568 Å². The first-order valence-electron chi connectivity index (χ1n) is 38.6. The van der Waals surface area contributed by atoms with Gasteiger partial charge in [-0.1, -0.05) is 218 Å². The molecule has 92 heavy (non-hydrogen) atoms. The van der Waals surface area contributed by atoms with Gasteiger partial charge in [0.25, 0.3) is 5.41 Å². The smallest absolute Gasteiger partial charge is 0.336 e. The number of hydrogen-bond donors (Lipinski definition) is 0. The Bertz CT molecular complexity index is 2140. The Morgan fingerprint density at radius 1 is 0.304 bits per heavy atom. The van der Waals surface area contributed by atoms with Crippen molar-refractivity contribution in [3.05, 3.63) is 0 Å². The summed E-state index contributed by atoms with van der Waals surface area (Å²) in [6.45, 7) is 60.4. The summed E-state index contributed by atoms with van der Waals surface area (Å²) < 4.78 is 29.0. The van der Waals surface area contributed by atoms with Gasteiger partial charge in [0.2, 0.25) is 0 Å². The van der Waals surface area contributed by atoms with Gasteiger partial charge in [-0.15, -0.1) is 0 Å². The molecule has 0 amide bonds. The Kier molecular flexibility index (Phi) is 29.5. The zero-order valence-electron chi connectivity index (χ0n) is 65.3. The minimum Gasteiger partial charge on any atom is -0.458 e. The molecule has 0 radical (unpaired) electrons. The van der Waals surface area contributed by atoms with Crippen molar-refractivity contribution in [2.24, 2.45) is 33.0 Å². The molecular weight excluding hydrogens is 1140 g/mol. The second-order valence-corrected chi connectivity index (χ2v) is 35.0. The van der Waals surface area contributed by atoms with Crippen LogP contribution in [-0.2, 0) is 38.1 Å². The quantitative estimate of drug-likeness (QED) is 0.0253. The second-order valence-electron chi connectivity index (χ2n) is 35.0. The van der Waals surface area contributed by atoms with Gasteiger partial charge in [-0.25, -0.2) is 0 Å². The maximum Gasteiger partial charge on any atom is 0.336 e. The molecule has 0 bridgehead atoms. The van der Waals surface area contributed by atoms with Gasteiger partial charge >= 0.3 is 23.9 Å². The highest BCUT2D eigenvalue weighted by Crippen LogP contribution is 2.59. The molecule has 4 rings (SSSR count). The van der Waals surface area contributed by atoms with Gasteiger partial charge in [0.05, 0.1) is 5.92 Å². The predicted molar refractivity (Wildman–Crippen MR) is 384 cm³/mol. The summed E-state index contributed by atoms with van der Waals surface area (Å²) in [6.07, 6.45) is 30.3. The van der Waals surface area contributed by atoms with Crippen LogP contribution in [-0.4, -0.2) is 140 Å². The van der Waals surface area contributed by atoms with Crippen molar-refractivity contribution < 1.29 is 38.1 Å². The third-order valence-corrected chi connectivity index (χ3v) is 28.6. The Hall–Kier alpha value is -2.28. The van der Waals surface area contributed by atoms with Gasteiger partial charge in [0, 0.05) is 95.7 Å². The van der Waals surface area contributed by atoms with Crippen molar-refractivity contribution in [3.63, 3.8) is 0 Å². The molecule has 0 spiro atoms. The number of rotatable bonds is 38. The van der Waals surface area contributed by atoms with Crippen LogP contribution in [0, 0.1) is 33.0 Å². The van der Waals surface area contributed by atoms with Crippen LogP contribution in [0.4, 0.5) is 0 Å². The van der Waals surface area contributed by atoms with E-state index in [9.17, 15) is 0 Å². The fourth-order valence-electron chi connectivity index (χ4n) is 17.0. The first kappa shape index (κ1) is 82.1. The summed E-state index contributed by atoms with van der Waals surface area (Å²) in [5.74, 6) is -5.74. The summed E-state index contributed by atoms with van der Waals surface area (Å²) in [4.78, 5) is 78.2. The van der Waals surface area contributed by atoms with Crippen LogP contribution in [0.1, 0.15) is 359 Å². The molecule has 4 fully saturated rings. The van der Waals surface area contributed by atoms with Crippen LogP contribution < -0.4 is 0 Å². The molecular formula is C80H150N4O8. The Balaban J connectivity index is 1.99. The molecule has 0 aliphatic carbocycles.